The van der Waals surface area contributed by atoms with Gasteiger partial charge >= 0.3 is 5.97 Å². The molecule has 0 aliphatic heterocycles. The first-order chi connectivity index (χ1) is 7.13. The smallest absolute Gasteiger partial charge is 0.335 e. The molecule has 80 valence electrons. The summed E-state index contributed by atoms with van der Waals surface area (Å²) in [6, 6.07) is 6.50. The van der Waals surface area contributed by atoms with Gasteiger partial charge in [-0.1, -0.05) is 0 Å². The van der Waals surface area contributed by atoms with Crippen LogP contribution in [-0.2, 0) is 4.74 Å². The molecule has 0 heterocycles. The fraction of sp³-hybridized carbons (Fsp3) is 0.200. The first kappa shape index (κ1) is 12.0. The molecule has 0 saturated heterocycles. The molecule has 0 fully saturated rings. The number of benzene rings is 1. The van der Waals surface area contributed by atoms with Crippen LogP contribution in [0.4, 0.5) is 0 Å². The lowest BCUT2D eigenvalue weighted by atomic mass is 10.2. The Balaban J connectivity index is 2.64. The minimum absolute atomic E-state index is 0.265. The van der Waals surface area contributed by atoms with E-state index >= 15 is 0 Å². The van der Waals surface area contributed by atoms with Crippen molar-refractivity contribution in [1.29, 1.82) is 0 Å². The molecule has 0 radical (unpaired) electrons. The number of carbonyl (C=O) groups is 1. The molecule has 0 bridgehead atoms. The maximum atomic E-state index is 10.6. The van der Waals surface area contributed by atoms with Crippen LogP contribution in [0.3, 0.4) is 0 Å². The van der Waals surface area contributed by atoms with Gasteiger partial charge in [0, 0.05) is 4.90 Å². The van der Waals surface area contributed by atoms with E-state index in [9.17, 15) is 4.79 Å². The molecule has 0 unspecified atom stereocenters. The number of aromatic carboxylic acids is 1. The van der Waals surface area contributed by atoms with E-state index in [1.807, 2.05) is 6.92 Å². The zero-order valence-electron chi connectivity index (χ0n) is 8.10. The van der Waals surface area contributed by atoms with Gasteiger partial charge in [0.25, 0.3) is 0 Å². The lowest BCUT2D eigenvalue weighted by Gasteiger charge is -2.03. The minimum Gasteiger partial charge on any atom is -0.479 e. The second kappa shape index (κ2) is 5.72. The van der Waals surface area contributed by atoms with Crippen molar-refractivity contribution in [3.63, 3.8) is 0 Å². The van der Waals surface area contributed by atoms with Crippen LogP contribution in [0.25, 0.3) is 0 Å². The van der Waals surface area contributed by atoms with Crippen molar-refractivity contribution in [2.45, 2.75) is 11.8 Å². The molecule has 3 nitrogen and oxygen atoms in total. The van der Waals surface area contributed by atoms with E-state index < -0.39 is 5.97 Å². The topological polar surface area (TPSA) is 46.5 Å². The summed E-state index contributed by atoms with van der Waals surface area (Å²) in [5, 5.41) is 8.68. The summed E-state index contributed by atoms with van der Waals surface area (Å²) in [4.78, 5) is 11.5. The van der Waals surface area contributed by atoms with Crippen molar-refractivity contribution in [3.8, 4) is 0 Å². The summed E-state index contributed by atoms with van der Waals surface area (Å²) >= 11 is 6.25. The minimum atomic E-state index is -0.932. The Morgan fingerprint density at radius 2 is 2.07 bits per heavy atom. The third kappa shape index (κ3) is 3.89. The molecule has 0 atom stereocenters. The predicted molar refractivity (Wildman–Crippen MR) is 63.5 cm³/mol. The summed E-state index contributed by atoms with van der Waals surface area (Å²) in [5.41, 5.74) is 0.265. The van der Waals surface area contributed by atoms with Gasteiger partial charge < -0.3 is 9.84 Å². The predicted octanol–water partition coefficient (Wildman–Crippen LogP) is 2.80. The molecule has 0 aromatic heterocycles. The number of carboxylic acid groups (broad SMARTS) is 1. The zero-order valence-corrected chi connectivity index (χ0v) is 9.73. The average Bonchev–Trinajstić information content (AvgIpc) is 2.18. The number of hydrogen-bond donors (Lipinski definition) is 1. The number of thiocarbonyl (C=S) groups is 1. The monoisotopic (exact) mass is 242 g/mol. The van der Waals surface area contributed by atoms with Gasteiger partial charge in [-0.05, 0) is 55.2 Å². The number of ether oxygens (including phenoxy) is 1. The lowest BCUT2D eigenvalue weighted by Crippen LogP contribution is -1.97. The highest BCUT2D eigenvalue weighted by molar-refractivity contribution is 8.22. The molecule has 5 heteroatoms. The second-order valence-electron chi connectivity index (χ2n) is 2.61. The third-order valence-corrected chi connectivity index (χ3v) is 2.72. The molecular formula is C10H10O3S2. The van der Waals surface area contributed by atoms with Crippen molar-refractivity contribution in [2.24, 2.45) is 0 Å². The summed E-state index contributed by atoms with van der Waals surface area (Å²) in [6.45, 7) is 2.40. The molecule has 1 aromatic carbocycles. The molecule has 0 saturated carbocycles. The van der Waals surface area contributed by atoms with Crippen LogP contribution in [0.5, 0.6) is 0 Å². The Bertz CT molecular complexity index is 359. The Kier molecular flexibility index (Phi) is 4.58. The van der Waals surface area contributed by atoms with Crippen molar-refractivity contribution >= 4 is 34.3 Å². The van der Waals surface area contributed by atoms with Gasteiger partial charge in [-0.3, -0.25) is 0 Å². The summed E-state index contributed by atoms with van der Waals surface area (Å²) in [6.07, 6.45) is 0. The Morgan fingerprint density at radius 1 is 1.47 bits per heavy atom. The highest BCUT2D eigenvalue weighted by atomic mass is 32.2. The van der Waals surface area contributed by atoms with Gasteiger partial charge in [-0.25, -0.2) is 4.79 Å². The van der Waals surface area contributed by atoms with E-state index in [1.54, 1.807) is 24.3 Å². The summed E-state index contributed by atoms with van der Waals surface area (Å²) in [5.74, 6) is -0.932. The maximum absolute atomic E-state index is 10.6. The van der Waals surface area contributed by atoms with E-state index in [4.69, 9.17) is 22.1 Å². The van der Waals surface area contributed by atoms with E-state index in [1.165, 1.54) is 11.8 Å². The highest BCUT2D eigenvalue weighted by Crippen LogP contribution is 2.20. The standard InChI is InChI=1S/C10H10O3S2/c1-2-13-10(14)15-8-5-3-7(4-6-8)9(11)12/h3-6H,2H2,1H3,(H,11,12). The van der Waals surface area contributed by atoms with Crippen LogP contribution >= 0.6 is 24.0 Å². The number of rotatable bonds is 3. The van der Waals surface area contributed by atoms with Gasteiger partial charge in [-0.2, -0.15) is 0 Å². The van der Waals surface area contributed by atoms with Crippen molar-refractivity contribution in [1.82, 2.24) is 0 Å². The van der Waals surface area contributed by atoms with Gasteiger partial charge in [-0.15, -0.1) is 0 Å². The zero-order chi connectivity index (χ0) is 11.3. The SMILES string of the molecule is CCOC(=S)Sc1ccc(C(=O)O)cc1. The fourth-order valence-corrected chi connectivity index (χ4v) is 1.96. The molecule has 1 rings (SSSR count). The Hall–Kier alpha value is -1.07. The molecule has 1 N–H and O–H groups in total. The van der Waals surface area contributed by atoms with Crippen molar-refractivity contribution in [2.75, 3.05) is 6.61 Å². The van der Waals surface area contributed by atoms with E-state index in [2.05, 4.69) is 0 Å². The van der Waals surface area contributed by atoms with Crippen LogP contribution in [-0.4, -0.2) is 22.1 Å². The first-order valence-corrected chi connectivity index (χ1v) is 5.54. The van der Waals surface area contributed by atoms with Gasteiger partial charge in [0.15, 0.2) is 0 Å². The van der Waals surface area contributed by atoms with Crippen LogP contribution < -0.4 is 0 Å². The number of carboxylic acids is 1. The van der Waals surface area contributed by atoms with Crippen LogP contribution in [0.15, 0.2) is 29.2 Å². The molecule has 0 spiro atoms. The molecule has 0 amide bonds. The van der Waals surface area contributed by atoms with Crippen molar-refractivity contribution < 1.29 is 14.6 Å². The van der Waals surface area contributed by atoms with Crippen LogP contribution in [0, 0.1) is 0 Å². The Morgan fingerprint density at radius 3 is 2.53 bits per heavy atom. The fourth-order valence-electron chi connectivity index (χ4n) is 0.909. The van der Waals surface area contributed by atoms with Gasteiger partial charge in [0.2, 0.25) is 4.38 Å². The van der Waals surface area contributed by atoms with Crippen molar-refractivity contribution in [3.05, 3.63) is 29.8 Å². The van der Waals surface area contributed by atoms with Crippen LogP contribution in [0.2, 0.25) is 0 Å². The quantitative estimate of drug-likeness (QED) is 0.652. The first-order valence-electron chi connectivity index (χ1n) is 4.31. The second-order valence-corrected chi connectivity index (χ2v) is 4.29. The summed E-state index contributed by atoms with van der Waals surface area (Å²) in [7, 11) is 0. The average molecular weight is 242 g/mol. The highest BCUT2D eigenvalue weighted by Gasteiger charge is 2.04. The number of thioether (sulfide) groups is 1. The number of hydrogen-bond acceptors (Lipinski definition) is 4. The third-order valence-electron chi connectivity index (χ3n) is 1.56. The molecule has 0 aliphatic carbocycles. The molecule has 15 heavy (non-hydrogen) atoms. The van der Waals surface area contributed by atoms with Gasteiger partial charge in [0.1, 0.15) is 0 Å². The lowest BCUT2D eigenvalue weighted by molar-refractivity contribution is 0.0697. The molecule has 1 aromatic rings. The molecule has 0 aliphatic rings. The van der Waals surface area contributed by atoms with Crippen LogP contribution in [0.1, 0.15) is 17.3 Å². The Labute approximate surface area is 97.4 Å². The van der Waals surface area contributed by atoms with Gasteiger partial charge in [0.05, 0.1) is 12.2 Å². The molecular weight excluding hydrogens is 232 g/mol. The largest absolute Gasteiger partial charge is 0.479 e. The summed E-state index contributed by atoms with van der Waals surface area (Å²) < 4.78 is 5.55. The maximum Gasteiger partial charge on any atom is 0.335 e. The van der Waals surface area contributed by atoms with E-state index in [-0.39, 0.29) is 5.56 Å². The normalized spacial score (nSPS) is 9.67. The van der Waals surface area contributed by atoms with E-state index in [0.717, 1.165) is 4.90 Å². The van der Waals surface area contributed by atoms with E-state index in [0.29, 0.717) is 11.0 Å².